The number of carbonyl (C=O) groups excluding carboxylic acids is 1. The molecular weight excluding hydrogens is 252 g/mol. The number of carbonyl (C=O) groups is 1. The summed E-state index contributed by atoms with van der Waals surface area (Å²) in [6, 6.07) is 0.233. The first kappa shape index (κ1) is 11.7. The summed E-state index contributed by atoms with van der Waals surface area (Å²) >= 11 is 1.14. The number of rotatable bonds is 2. The van der Waals surface area contributed by atoms with Crippen LogP contribution in [0.2, 0.25) is 0 Å². The van der Waals surface area contributed by atoms with Gasteiger partial charge in [0.25, 0.3) is 0 Å². The molecule has 0 spiro atoms. The molecule has 1 saturated carbocycles. The second kappa shape index (κ2) is 4.72. The van der Waals surface area contributed by atoms with Gasteiger partial charge < -0.3 is 9.64 Å². The molecule has 18 heavy (non-hydrogen) atoms. The smallest absolute Gasteiger partial charge is 0.329 e. The average molecular weight is 268 g/mol. The van der Waals surface area contributed by atoms with Gasteiger partial charge in [0, 0.05) is 24.6 Å². The number of amides is 2. The molecule has 1 aliphatic heterocycles. The minimum Gasteiger partial charge on any atom is -0.466 e. The van der Waals surface area contributed by atoms with Gasteiger partial charge in [0.2, 0.25) is 5.13 Å². The average Bonchev–Trinajstić information content (AvgIpc) is 3.02. The minimum absolute atomic E-state index is 0.0665. The van der Waals surface area contributed by atoms with E-state index in [9.17, 15) is 4.79 Å². The van der Waals surface area contributed by atoms with Crippen molar-refractivity contribution in [2.75, 3.05) is 25.5 Å². The largest absolute Gasteiger partial charge is 0.466 e. The highest BCUT2D eigenvalue weighted by Crippen LogP contribution is 2.37. The molecule has 2 fully saturated rings. The summed E-state index contributed by atoms with van der Waals surface area (Å²) in [5, 5.41) is 3.27. The number of urea groups is 1. The van der Waals surface area contributed by atoms with E-state index in [-0.39, 0.29) is 6.03 Å². The highest BCUT2D eigenvalue weighted by molar-refractivity contribution is 7.10. The van der Waals surface area contributed by atoms with Crippen molar-refractivity contribution < 1.29 is 9.53 Å². The van der Waals surface area contributed by atoms with Crippen LogP contribution in [-0.2, 0) is 0 Å². The first-order chi connectivity index (χ1) is 8.76. The monoisotopic (exact) mass is 268 g/mol. The Morgan fingerprint density at radius 2 is 2.17 bits per heavy atom. The lowest BCUT2D eigenvalue weighted by Gasteiger charge is -2.16. The molecule has 7 heteroatoms. The summed E-state index contributed by atoms with van der Waals surface area (Å²) in [4.78, 5) is 18.0. The lowest BCUT2D eigenvalue weighted by Crippen LogP contribution is -2.33. The molecule has 0 unspecified atom stereocenters. The maximum Gasteiger partial charge on any atom is 0.329 e. The van der Waals surface area contributed by atoms with Gasteiger partial charge in [-0.05, 0) is 24.7 Å². The van der Waals surface area contributed by atoms with Crippen molar-refractivity contribution in [2.45, 2.75) is 19.3 Å². The van der Waals surface area contributed by atoms with Crippen LogP contribution in [0.1, 0.15) is 19.3 Å². The molecule has 2 heterocycles. The van der Waals surface area contributed by atoms with Gasteiger partial charge in [-0.3, -0.25) is 5.32 Å². The first-order valence-corrected chi connectivity index (χ1v) is 6.97. The number of ether oxygens (including phenoxy) is 1. The highest BCUT2D eigenvalue weighted by atomic mass is 32.1. The van der Waals surface area contributed by atoms with Crippen LogP contribution in [-0.4, -0.2) is 40.5 Å². The van der Waals surface area contributed by atoms with Crippen molar-refractivity contribution in [1.29, 1.82) is 0 Å². The molecule has 3 rings (SSSR count). The maximum atomic E-state index is 12.1. The fourth-order valence-electron chi connectivity index (χ4n) is 2.92. The Kier molecular flexibility index (Phi) is 3.07. The molecule has 2 atom stereocenters. The Morgan fingerprint density at radius 1 is 1.44 bits per heavy atom. The van der Waals surface area contributed by atoms with Crippen molar-refractivity contribution in [2.24, 2.45) is 11.8 Å². The minimum atomic E-state index is -0.0665. The van der Waals surface area contributed by atoms with Gasteiger partial charge in [0.1, 0.15) is 0 Å². The van der Waals surface area contributed by atoms with Crippen LogP contribution in [0.3, 0.4) is 0 Å². The van der Waals surface area contributed by atoms with E-state index in [1.54, 1.807) is 0 Å². The second-order valence-corrected chi connectivity index (χ2v) is 5.62. The molecule has 1 saturated heterocycles. The maximum absolute atomic E-state index is 12.1. The quantitative estimate of drug-likeness (QED) is 0.888. The molecule has 98 valence electrons. The lowest BCUT2D eigenvalue weighted by atomic mass is 10.0. The fourth-order valence-corrected chi connectivity index (χ4v) is 3.45. The second-order valence-electron chi connectivity index (χ2n) is 4.87. The Balaban J connectivity index is 1.58. The molecule has 2 amide bonds. The molecule has 1 N–H and O–H groups in total. The van der Waals surface area contributed by atoms with Crippen LogP contribution in [0.4, 0.5) is 9.93 Å². The van der Waals surface area contributed by atoms with Crippen molar-refractivity contribution in [3.05, 3.63) is 0 Å². The topological polar surface area (TPSA) is 67.3 Å². The zero-order chi connectivity index (χ0) is 12.5. The molecule has 0 radical (unpaired) electrons. The van der Waals surface area contributed by atoms with E-state index in [4.69, 9.17) is 4.74 Å². The Hall–Kier alpha value is -1.37. The Bertz CT molecular complexity index is 438. The number of methoxy groups -OCH3 is 1. The standard InChI is InChI=1S/C11H16N4O2S/c1-17-9-12-10(18-14-9)13-11(16)15-5-7-3-2-4-8(7)6-15/h7-8H,2-6H2,1H3,(H,12,13,14,16)/t7-,8-/m0/s1. The lowest BCUT2D eigenvalue weighted by molar-refractivity contribution is 0.219. The van der Waals surface area contributed by atoms with E-state index in [0.29, 0.717) is 23.0 Å². The van der Waals surface area contributed by atoms with Crippen LogP contribution in [0.5, 0.6) is 6.01 Å². The van der Waals surface area contributed by atoms with E-state index >= 15 is 0 Å². The third kappa shape index (κ3) is 2.14. The van der Waals surface area contributed by atoms with Crippen molar-refractivity contribution in [3.63, 3.8) is 0 Å². The van der Waals surface area contributed by atoms with Gasteiger partial charge in [0.05, 0.1) is 7.11 Å². The number of nitrogens with one attached hydrogen (secondary N) is 1. The molecule has 0 bridgehead atoms. The van der Waals surface area contributed by atoms with Crippen LogP contribution < -0.4 is 10.1 Å². The first-order valence-electron chi connectivity index (χ1n) is 6.20. The zero-order valence-corrected chi connectivity index (χ0v) is 11.1. The van der Waals surface area contributed by atoms with E-state index < -0.39 is 0 Å². The van der Waals surface area contributed by atoms with Crippen LogP contribution in [0.25, 0.3) is 0 Å². The van der Waals surface area contributed by atoms with Gasteiger partial charge >= 0.3 is 12.0 Å². The number of aromatic nitrogens is 2. The van der Waals surface area contributed by atoms with Crippen molar-refractivity contribution >= 4 is 22.7 Å². The summed E-state index contributed by atoms with van der Waals surface area (Å²) in [5.74, 6) is 1.42. The van der Waals surface area contributed by atoms with E-state index in [0.717, 1.165) is 24.6 Å². The normalized spacial score (nSPS) is 26.2. The Labute approximate surface area is 110 Å². The number of anilines is 1. The molecule has 2 aliphatic rings. The molecule has 1 aromatic rings. The predicted octanol–water partition coefficient (Wildman–Crippen LogP) is 1.81. The molecule has 6 nitrogen and oxygen atoms in total. The van der Waals surface area contributed by atoms with Gasteiger partial charge in [-0.1, -0.05) is 6.42 Å². The number of nitrogens with zero attached hydrogens (tertiary/aromatic N) is 3. The summed E-state index contributed by atoms with van der Waals surface area (Å²) in [5.41, 5.74) is 0. The van der Waals surface area contributed by atoms with Crippen LogP contribution in [0.15, 0.2) is 0 Å². The third-order valence-corrected chi connectivity index (χ3v) is 4.43. The van der Waals surface area contributed by atoms with Gasteiger partial charge in [-0.25, -0.2) is 4.79 Å². The van der Waals surface area contributed by atoms with E-state index in [2.05, 4.69) is 14.7 Å². The fraction of sp³-hybridized carbons (Fsp3) is 0.727. The van der Waals surface area contributed by atoms with Crippen LogP contribution >= 0.6 is 11.5 Å². The van der Waals surface area contributed by atoms with Crippen LogP contribution in [0, 0.1) is 11.8 Å². The summed E-state index contributed by atoms with van der Waals surface area (Å²) in [7, 11) is 1.51. The SMILES string of the molecule is COc1nsc(NC(=O)N2C[C@@H]3CCC[C@H]3C2)n1. The molecule has 1 aromatic heterocycles. The number of likely N-dealkylation sites (tertiary alicyclic amines) is 1. The van der Waals surface area contributed by atoms with Gasteiger partial charge in [0.15, 0.2) is 0 Å². The van der Waals surface area contributed by atoms with Gasteiger partial charge in [-0.2, -0.15) is 4.98 Å². The van der Waals surface area contributed by atoms with Gasteiger partial charge in [-0.15, -0.1) is 4.37 Å². The van der Waals surface area contributed by atoms with Crippen molar-refractivity contribution in [1.82, 2.24) is 14.3 Å². The number of fused-ring (bicyclic) bond motifs is 1. The molecule has 1 aliphatic carbocycles. The van der Waals surface area contributed by atoms with E-state index in [1.165, 1.54) is 26.4 Å². The predicted molar refractivity (Wildman–Crippen MR) is 67.9 cm³/mol. The third-order valence-electron chi connectivity index (χ3n) is 3.82. The summed E-state index contributed by atoms with van der Waals surface area (Å²) in [6.45, 7) is 1.76. The summed E-state index contributed by atoms with van der Waals surface area (Å²) < 4.78 is 8.83. The molecule has 0 aromatic carbocycles. The highest BCUT2D eigenvalue weighted by Gasteiger charge is 2.38. The van der Waals surface area contributed by atoms with Crippen molar-refractivity contribution in [3.8, 4) is 6.01 Å². The summed E-state index contributed by atoms with van der Waals surface area (Å²) in [6.07, 6.45) is 3.85. The van der Waals surface area contributed by atoms with E-state index in [1.807, 2.05) is 4.90 Å². The molecular formula is C11H16N4O2S. The zero-order valence-electron chi connectivity index (χ0n) is 10.3. The number of hydrogen-bond donors (Lipinski definition) is 1. The number of hydrogen-bond acceptors (Lipinski definition) is 5. The Morgan fingerprint density at radius 3 is 2.78 bits per heavy atom.